The van der Waals surface area contributed by atoms with Crippen LogP contribution in [0.15, 0.2) is 18.2 Å². The van der Waals surface area contributed by atoms with Gasteiger partial charge in [-0.2, -0.15) is 0 Å². The van der Waals surface area contributed by atoms with Crippen LogP contribution in [0, 0.1) is 0 Å². The van der Waals surface area contributed by atoms with Gasteiger partial charge in [0, 0.05) is 12.6 Å². The Morgan fingerprint density at radius 3 is 2.38 bits per heavy atom. The molecule has 0 aromatic heterocycles. The van der Waals surface area contributed by atoms with Crippen molar-refractivity contribution >= 4 is 0 Å². The monoisotopic (exact) mass is 295 g/mol. The van der Waals surface area contributed by atoms with Crippen LogP contribution in [0.4, 0.5) is 0 Å². The van der Waals surface area contributed by atoms with E-state index in [1.165, 1.54) is 5.56 Å². The number of ether oxygens (including phenoxy) is 3. The van der Waals surface area contributed by atoms with Crippen molar-refractivity contribution in [1.82, 2.24) is 5.32 Å². The summed E-state index contributed by atoms with van der Waals surface area (Å²) in [5.41, 5.74) is 1.22. The molecule has 0 spiro atoms. The maximum absolute atomic E-state index is 5.55. The second kappa shape index (κ2) is 9.64. The van der Waals surface area contributed by atoms with Crippen LogP contribution in [0.3, 0.4) is 0 Å². The first kappa shape index (κ1) is 17.8. The van der Waals surface area contributed by atoms with Crippen LogP contribution in [-0.2, 0) is 4.74 Å². The molecular formula is C17H29NO3. The van der Waals surface area contributed by atoms with Gasteiger partial charge in [-0.05, 0) is 50.9 Å². The molecule has 4 nitrogen and oxygen atoms in total. The average molecular weight is 295 g/mol. The number of hydrogen-bond acceptors (Lipinski definition) is 4. The Bertz CT molecular complexity index is 407. The van der Waals surface area contributed by atoms with Crippen LogP contribution in [0.25, 0.3) is 0 Å². The zero-order valence-electron chi connectivity index (χ0n) is 13.9. The van der Waals surface area contributed by atoms with Crippen molar-refractivity contribution in [2.75, 3.05) is 27.4 Å². The first-order chi connectivity index (χ1) is 10.1. The molecule has 1 N–H and O–H groups in total. The Hall–Kier alpha value is -1.26. The minimum atomic E-state index is 0.304. The van der Waals surface area contributed by atoms with Crippen LogP contribution in [-0.4, -0.2) is 33.5 Å². The zero-order chi connectivity index (χ0) is 15.7. The summed E-state index contributed by atoms with van der Waals surface area (Å²) in [6.07, 6.45) is 2.35. The van der Waals surface area contributed by atoms with Gasteiger partial charge in [0.05, 0.1) is 20.3 Å². The molecule has 4 heteroatoms. The summed E-state index contributed by atoms with van der Waals surface area (Å²) in [4.78, 5) is 0. The predicted octanol–water partition coefficient (Wildman–Crippen LogP) is 3.56. The van der Waals surface area contributed by atoms with Crippen molar-refractivity contribution in [3.05, 3.63) is 23.8 Å². The summed E-state index contributed by atoms with van der Waals surface area (Å²) in [6.45, 7) is 8.05. The average Bonchev–Trinajstić information content (AvgIpc) is 2.50. The molecule has 0 saturated carbocycles. The standard InChI is InChI=1S/C17H29NO3/c1-6-15(18-10-7-11-21-13(2)3)14-8-9-16(19-4)17(12-14)20-5/h8-9,12-13,15,18H,6-7,10-11H2,1-5H3. The van der Waals surface area contributed by atoms with Gasteiger partial charge in [0.15, 0.2) is 11.5 Å². The van der Waals surface area contributed by atoms with E-state index in [1.807, 2.05) is 12.1 Å². The van der Waals surface area contributed by atoms with Crippen LogP contribution < -0.4 is 14.8 Å². The smallest absolute Gasteiger partial charge is 0.161 e. The number of rotatable bonds is 10. The third-order valence-corrected chi connectivity index (χ3v) is 3.38. The summed E-state index contributed by atoms with van der Waals surface area (Å²) in [7, 11) is 3.32. The zero-order valence-corrected chi connectivity index (χ0v) is 13.9. The molecule has 0 amide bonds. The lowest BCUT2D eigenvalue weighted by atomic mass is 10.0. The van der Waals surface area contributed by atoms with Crippen LogP contribution in [0.1, 0.15) is 45.2 Å². The molecule has 1 aromatic carbocycles. The summed E-state index contributed by atoms with van der Waals surface area (Å²) >= 11 is 0. The van der Waals surface area contributed by atoms with Crippen molar-refractivity contribution in [3.8, 4) is 11.5 Å². The third-order valence-electron chi connectivity index (χ3n) is 3.38. The molecular weight excluding hydrogens is 266 g/mol. The van der Waals surface area contributed by atoms with E-state index in [4.69, 9.17) is 14.2 Å². The van der Waals surface area contributed by atoms with E-state index < -0.39 is 0 Å². The molecule has 1 aromatic rings. The maximum atomic E-state index is 5.55. The lowest BCUT2D eigenvalue weighted by Crippen LogP contribution is -2.23. The molecule has 1 atom stereocenters. The predicted molar refractivity (Wildman–Crippen MR) is 86.3 cm³/mol. The summed E-state index contributed by atoms with van der Waals surface area (Å²) < 4.78 is 16.2. The van der Waals surface area contributed by atoms with Gasteiger partial charge in [-0.3, -0.25) is 0 Å². The normalized spacial score (nSPS) is 12.5. The summed E-state index contributed by atoms with van der Waals surface area (Å²) in [5, 5.41) is 3.57. The quantitative estimate of drug-likeness (QED) is 0.670. The molecule has 21 heavy (non-hydrogen) atoms. The van der Waals surface area contributed by atoms with Crippen molar-refractivity contribution in [2.45, 2.75) is 45.8 Å². The number of nitrogens with one attached hydrogen (secondary N) is 1. The van der Waals surface area contributed by atoms with Gasteiger partial charge < -0.3 is 19.5 Å². The van der Waals surface area contributed by atoms with Crippen LogP contribution in [0.2, 0.25) is 0 Å². The lowest BCUT2D eigenvalue weighted by Gasteiger charge is -2.19. The molecule has 0 bridgehead atoms. The van der Waals surface area contributed by atoms with E-state index in [0.29, 0.717) is 12.1 Å². The van der Waals surface area contributed by atoms with Gasteiger partial charge in [0.1, 0.15) is 0 Å². The lowest BCUT2D eigenvalue weighted by molar-refractivity contribution is 0.0767. The number of benzene rings is 1. The Morgan fingerprint density at radius 2 is 1.81 bits per heavy atom. The highest BCUT2D eigenvalue weighted by Gasteiger charge is 2.12. The van der Waals surface area contributed by atoms with Gasteiger partial charge in [-0.25, -0.2) is 0 Å². The minimum absolute atomic E-state index is 0.304. The molecule has 1 unspecified atom stereocenters. The van der Waals surface area contributed by atoms with Crippen molar-refractivity contribution in [2.24, 2.45) is 0 Å². The third kappa shape index (κ3) is 5.94. The fourth-order valence-electron chi connectivity index (χ4n) is 2.23. The SMILES string of the molecule is CCC(NCCCOC(C)C)c1ccc(OC)c(OC)c1. The second-order valence-corrected chi connectivity index (χ2v) is 5.30. The van der Waals surface area contributed by atoms with Crippen molar-refractivity contribution in [1.29, 1.82) is 0 Å². The van der Waals surface area contributed by atoms with E-state index in [-0.39, 0.29) is 0 Å². The van der Waals surface area contributed by atoms with Crippen molar-refractivity contribution in [3.63, 3.8) is 0 Å². The molecule has 0 aliphatic carbocycles. The number of methoxy groups -OCH3 is 2. The topological polar surface area (TPSA) is 39.7 Å². The Balaban J connectivity index is 2.55. The van der Waals surface area contributed by atoms with Crippen LogP contribution >= 0.6 is 0 Å². The fraction of sp³-hybridized carbons (Fsp3) is 0.647. The van der Waals surface area contributed by atoms with Gasteiger partial charge in [-0.15, -0.1) is 0 Å². The molecule has 1 rings (SSSR count). The summed E-state index contributed by atoms with van der Waals surface area (Å²) in [6, 6.07) is 6.42. The van der Waals surface area contributed by atoms with Crippen LogP contribution in [0.5, 0.6) is 11.5 Å². The van der Waals surface area contributed by atoms with E-state index in [9.17, 15) is 0 Å². The Kier molecular flexibility index (Phi) is 8.16. The van der Waals surface area contributed by atoms with Crippen molar-refractivity contribution < 1.29 is 14.2 Å². The second-order valence-electron chi connectivity index (χ2n) is 5.30. The molecule has 0 fully saturated rings. The molecule has 120 valence electrons. The fourth-order valence-corrected chi connectivity index (χ4v) is 2.23. The van der Waals surface area contributed by atoms with Gasteiger partial charge in [0.2, 0.25) is 0 Å². The highest BCUT2D eigenvalue weighted by molar-refractivity contribution is 5.43. The first-order valence-electron chi connectivity index (χ1n) is 7.69. The number of hydrogen-bond donors (Lipinski definition) is 1. The molecule has 0 aliphatic rings. The first-order valence-corrected chi connectivity index (χ1v) is 7.69. The van der Waals surface area contributed by atoms with Gasteiger partial charge in [0.25, 0.3) is 0 Å². The Labute approximate surface area is 128 Å². The van der Waals surface area contributed by atoms with E-state index in [1.54, 1.807) is 14.2 Å². The molecule has 0 heterocycles. The Morgan fingerprint density at radius 1 is 1.10 bits per heavy atom. The van der Waals surface area contributed by atoms with E-state index >= 15 is 0 Å². The van der Waals surface area contributed by atoms with Gasteiger partial charge in [-0.1, -0.05) is 13.0 Å². The molecule has 0 aliphatic heterocycles. The highest BCUT2D eigenvalue weighted by Crippen LogP contribution is 2.30. The largest absolute Gasteiger partial charge is 0.493 e. The summed E-state index contributed by atoms with van der Waals surface area (Å²) in [5.74, 6) is 1.54. The molecule has 0 radical (unpaired) electrons. The van der Waals surface area contributed by atoms with E-state index in [0.717, 1.165) is 37.5 Å². The van der Waals surface area contributed by atoms with Gasteiger partial charge >= 0.3 is 0 Å². The molecule has 0 saturated heterocycles. The maximum Gasteiger partial charge on any atom is 0.161 e. The van der Waals surface area contributed by atoms with E-state index in [2.05, 4.69) is 32.2 Å². The highest BCUT2D eigenvalue weighted by atomic mass is 16.5. The minimum Gasteiger partial charge on any atom is -0.493 e.